The van der Waals surface area contributed by atoms with Crippen LogP contribution in [0.15, 0.2) is 72.1 Å². The number of nitrogens with two attached hydrogens (primary N) is 1. The molecule has 8 aliphatic rings. The highest BCUT2D eigenvalue weighted by atomic mass is 16.6. The van der Waals surface area contributed by atoms with E-state index in [1.165, 1.54) is 10.6 Å². The Balaban J connectivity index is 0.648. The first-order valence-electron chi connectivity index (χ1n) is 48.0. The number of phenolic OH excluding ortho intramolecular Hbond substituents is 1. The van der Waals surface area contributed by atoms with Crippen LogP contribution in [0, 0.1) is 40.4 Å². The second kappa shape index (κ2) is 49.6. The number of rotatable bonds is 49. The Morgan fingerprint density at radius 1 is 0.622 bits per heavy atom. The number of carbonyl (C=O) groups is 12. The number of aryl methyl sites for hydroxylation is 2. The number of primary amides is 1. The van der Waals surface area contributed by atoms with E-state index in [2.05, 4.69) is 62.0 Å². The molecule has 3 aliphatic heterocycles. The molecule has 17 atom stereocenters. The van der Waals surface area contributed by atoms with Crippen LogP contribution in [0.25, 0.3) is 0 Å². The number of fused-ring (bicyclic) bond motifs is 6. The van der Waals surface area contributed by atoms with Gasteiger partial charge in [0.05, 0.1) is 101 Å². The van der Waals surface area contributed by atoms with Crippen molar-refractivity contribution in [2.75, 3.05) is 104 Å². The van der Waals surface area contributed by atoms with Gasteiger partial charge in [0.1, 0.15) is 68.3 Å². The van der Waals surface area contributed by atoms with Crippen molar-refractivity contribution in [2.45, 2.75) is 275 Å². The zero-order valence-electron chi connectivity index (χ0n) is 79.0. The number of phenols is 1. The van der Waals surface area contributed by atoms with Crippen LogP contribution in [0.1, 0.15) is 217 Å². The number of ketones is 2. The molecule has 3 aromatic rings. The molecule has 0 bridgehead atoms. The first kappa shape index (κ1) is 106. The van der Waals surface area contributed by atoms with Gasteiger partial charge in [0.15, 0.2) is 17.8 Å². The van der Waals surface area contributed by atoms with Crippen molar-refractivity contribution in [3.05, 3.63) is 105 Å². The summed E-state index contributed by atoms with van der Waals surface area (Å²) in [5.41, 5.74) is 16.0. The van der Waals surface area contributed by atoms with Crippen LogP contribution in [-0.2, 0) is 123 Å². The fourth-order valence-corrected chi connectivity index (χ4v) is 21.1. The van der Waals surface area contributed by atoms with Gasteiger partial charge in [-0.05, 0) is 189 Å². The Hall–Kier alpha value is -9.68. The highest BCUT2D eigenvalue weighted by molar-refractivity contribution is 6.03. The van der Waals surface area contributed by atoms with E-state index < -0.39 is 143 Å². The van der Waals surface area contributed by atoms with Gasteiger partial charge in [0, 0.05) is 56.3 Å². The number of urea groups is 1. The van der Waals surface area contributed by atoms with E-state index in [1.54, 1.807) is 51.1 Å². The lowest BCUT2D eigenvalue weighted by molar-refractivity contribution is -0.266. The fourth-order valence-electron chi connectivity index (χ4n) is 21.1. The monoisotopic (exact) mass is 1890 g/mol. The third-order valence-electron chi connectivity index (χ3n) is 28.7. The quantitative estimate of drug-likeness (QED) is 0.0272. The number of benzene rings is 3. The van der Waals surface area contributed by atoms with Crippen molar-refractivity contribution in [3.63, 3.8) is 0 Å². The molecule has 38 heteroatoms. The van der Waals surface area contributed by atoms with Crippen molar-refractivity contribution in [2.24, 2.45) is 46.2 Å². The minimum Gasteiger partial charge on any atom is -0.508 e. The summed E-state index contributed by atoms with van der Waals surface area (Å²) in [6.07, 6.45) is 2.65. The average Bonchev–Trinajstić information content (AvgIpc) is 0.993. The second-order valence-corrected chi connectivity index (χ2v) is 38.5. The van der Waals surface area contributed by atoms with Gasteiger partial charge < -0.3 is 112 Å². The summed E-state index contributed by atoms with van der Waals surface area (Å²) in [4.78, 5) is 165. The molecule has 0 spiro atoms. The predicted molar refractivity (Wildman–Crippen MR) is 489 cm³/mol. The third-order valence-corrected chi connectivity index (χ3v) is 28.7. The molecule has 3 aromatic carbocycles. The molecule has 11 rings (SSSR count). The Labute approximate surface area is 788 Å². The number of hydrazine groups is 2. The number of alkyl carbamates (subject to hydrolysis) is 1. The topological polar surface area (TPSA) is 541 Å². The average molecular weight is 1890 g/mol. The lowest BCUT2D eigenvalue weighted by Gasteiger charge is -2.56. The molecule has 5 aliphatic carbocycles. The van der Waals surface area contributed by atoms with Gasteiger partial charge in [-0.2, -0.15) is 0 Å². The van der Waals surface area contributed by atoms with Gasteiger partial charge in [0.25, 0.3) is 0 Å². The number of aliphatic hydroxyl groups is 5. The SMILES string of the molecule is CC1CC(=O)N(COCCOCCOCCOCCOCCC(=O)N[C@H](CCCCNC(=O)COC2CCCCCC3=C2NNN3[C@@H]2O[C@H](CO)[C@H](O)[C@H](O)[C@H]2O)C(=O)N[C@H](C(=O)C[C@@H](CCCNC(N)=O)C(=O)Nc2ccc(COC(=O)N[C@@H](CO)C(=O)Cc3ccc4c(c3)[C@@]3(C)CCC[C@](C)(C(=O)NC(=O)[C@@]5(C)CCC[C@]6(C)c7cc(O)ccc7CC[C@@H]56)[C@@H]3CC4)cc2)C(C)C)C1=O. The minimum atomic E-state index is -1.61. The van der Waals surface area contributed by atoms with E-state index in [9.17, 15) is 88.2 Å². The van der Waals surface area contributed by atoms with Crippen LogP contribution in [0.4, 0.5) is 15.3 Å². The number of hydrogen-bond acceptors (Lipinski definition) is 29. The van der Waals surface area contributed by atoms with Crippen molar-refractivity contribution in [1.82, 2.24) is 52.8 Å². The third kappa shape index (κ3) is 27.2. The number of ether oxygens (including phenoxy) is 8. The number of amides is 11. The maximum atomic E-state index is 14.9. The predicted octanol–water partition coefficient (Wildman–Crippen LogP) is 4.54. The summed E-state index contributed by atoms with van der Waals surface area (Å²) in [6.45, 7) is 13.4. The van der Waals surface area contributed by atoms with Crippen LogP contribution in [0.3, 0.4) is 0 Å². The van der Waals surface area contributed by atoms with Crippen LogP contribution < -0.4 is 53.9 Å². The second-order valence-electron chi connectivity index (χ2n) is 38.5. The van der Waals surface area contributed by atoms with E-state index >= 15 is 0 Å². The number of aliphatic hydroxyl groups excluding tert-OH is 5. The molecule has 746 valence electrons. The van der Waals surface area contributed by atoms with Crippen LogP contribution in [0.5, 0.6) is 5.75 Å². The van der Waals surface area contributed by atoms with E-state index in [4.69, 9.17) is 43.6 Å². The van der Waals surface area contributed by atoms with Crippen molar-refractivity contribution in [3.8, 4) is 5.75 Å². The number of nitrogens with one attached hydrogen (secondary N) is 9. The Morgan fingerprint density at radius 2 is 1.24 bits per heavy atom. The molecule has 0 aromatic heterocycles. The summed E-state index contributed by atoms with van der Waals surface area (Å²) >= 11 is 0. The smallest absolute Gasteiger partial charge is 0.408 e. The molecule has 3 heterocycles. The maximum absolute atomic E-state index is 14.9. The molecule has 38 nitrogen and oxygen atoms in total. The molecular weight excluding hydrogens is 1750 g/mol. The number of hydrogen-bond donors (Lipinski definition) is 16. The zero-order valence-corrected chi connectivity index (χ0v) is 79.0. The normalized spacial score (nSPS) is 26.2. The molecule has 2 saturated carbocycles. The number of imide groups is 2. The number of unbranched alkanes of at least 4 members (excludes halogenated alkanes) is 1. The maximum Gasteiger partial charge on any atom is 0.408 e. The Morgan fingerprint density at radius 3 is 1.85 bits per heavy atom. The summed E-state index contributed by atoms with van der Waals surface area (Å²) in [6, 6.07) is 13.3. The lowest BCUT2D eigenvalue weighted by Crippen LogP contribution is -2.64. The summed E-state index contributed by atoms with van der Waals surface area (Å²) in [7, 11) is 0. The van der Waals surface area contributed by atoms with Crippen LogP contribution >= 0.6 is 0 Å². The molecular formula is C97H142N12O26. The number of Topliss-reactive ketones (excluding diaryl/α,β-unsaturated/α-hetero) is 2. The summed E-state index contributed by atoms with van der Waals surface area (Å²) in [5.74, 6) is -6.14. The minimum absolute atomic E-state index is 0.0324. The number of carbonyl (C=O) groups excluding carboxylic acids is 12. The highest BCUT2D eigenvalue weighted by Crippen LogP contribution is 2.60. The van der Waals surface area contributed by atoms with E-state index in [-0.39, 0.29) is 190 Å². The Kier molecular flexibility index (Phi) is 38.8. The van der Waals surface area contributed by atoms with Gasteiger partial charge in [0.2, 0.25) is 47.3 Å². The van der Waals surface area contributed by atoms with Crippen molar-refractivity contribution in [1.29, 1.82) is 0 Å². The zero-order chi connectivity index (χ0) is 97.3. The van der Waals surface area contributed by atoms with Crippen molar-refractivity contribution >= 4 is 76.6 Å². The summed E-state index contributed by atoms with van der Waals surface area (Å²) < 4.78 is 45.3. The number of anilines is 1. The van der Waals surface area contributed by atoms with Crippen LogP contribution in [-0.4, -0.2) is 265 Å². The van der Waals surface area contributed by atoms with E-state index in [0.29, 0.717) is 73.2 Å². The van der Waals surface area contributed by atoms with Gasteiger partial charge in [-0.25, -0.2) is 9.59 Å². The van der Waals surface area contributed by atoms with Gasteiger partial charge in [-0.3, -0.25) is 63.2 Å². The van der Waals surface area contributed by atoms with Gasteiger partial charge in [-0.1, -0.05) is 111 Å². The fraction of sp³-hybridized carbons (Fsp3) is 0.670. The standard InChI is InChI=1S/C97H142N12O26/c1-58(2)81(104-87(122)69(102-78(115)32-39-128-40-41-129-42-43-130-44-45-131-46-47-132-57-108-80(117)48-59(3)88(108)123)17-11-12-37-99-79(116)56-133-74-19-10-8-9-18-71-82(74)106-107-109(71)89-85(120)84(119)83(118)75(54-111)135-89)73(114)51-64(16-13-38-100-92(98)126)86(121)101-65-27-21-60(22-28-65)55-134-93(127)103-70(53-110)72(113)50-61-20-23-62-25-30-76-94(4,67(62)49-61)33-14-35-96(76,6)90(124)105-91(125)97(7)36-15-34-95(5)68-52-66(112)29-24-63(68)26-31-77(95)97/h20-24,27-29,49,52,58-59,64,69-70,74-77,81,83-85,89,106-107,110-112,118-120H,8-19,25-26,30-48,50-51,53-57H2,1-7H3,(H,99,116)(H,101,121)(H,102,115)(H,103,127)(H,104,122)(H3,98,100,126)(H,105,124,125)/t59?,64-,69-,70+,74?,75-,76-,77-,81+,83+,84+,85-,89-,94-,95-,96+,97+/m1/s1. The van der Waals surface area contributed by atoms with E-state index in [0.717, 1.165) is 85.8 Å². The number of aromatic hydroxyl groups is 1. The van der Waals surface area contributed by atoms with Gasteiger partial charge in [-0.15, -0.1) is 5.53 Å². The molecule has 135 heavy (non-hydrogen) atoms. The molecule has 0 radical (unpaired) electrons. The molecule has 2 saturated heterocycles. The highest BCUT2D eigenvalue weighted by Gasteiger charge is 2.59. The first-order valence-corrected chi connectivity index (χ1v) is 48.0. The number of nitrogens with zero attached hydrogens (tertiary/aromatic N) is 2. The van der Waals surface area contributed by atoms with Gasteiger partial charge >= 0.3 is 12.1 Å². The molecule has 11 amide bonds. The lowest BCUT2D eigenvalue weighted by atomic mass is 9.49. The number of allylic oxidation sites excluding steroid dienone is 1. The molecule has 2 unspecified atom stereocenters. The van der Waals surface area contributed by atoms with Crippen LogP contribution in [0.2, 0.25) is 0 Å². The number of likely N-dealkylation sites (tertiary alicyclic amines) is 1. The first-order chi connectivity index (χ1) is 64.6. The Bertz CT molecular complexity index is 4640. The summed E-state index contributed by atoms with van der Waals surface area (Å²) in [5, 5.41) is 83.8. The molecule has 4 fully saturated rings. The largest absolute Gasteiger partial charge is 0.508 e. The van der Waals surface area contributed by atoms with Crippen molar-refractivity contribution < 1.29 is 126 Å². The van der Waals surface area contributed by atoms with E-state index in [1.807, 2.05) is 44.2 Å². The molecule has 17 N–H and O–H groups in total.